The molecule has 3 saturated heterocycles. The van der Waals surface area contributed by atoms with Gasteiger partial charge in [-0.2, -0.15) is 0 Å². The fourth-order valence-corrected chi connectivity index (χ4v) is 10.6. The third kappa shape index (κ3) is 10.8. The number of ether oxygens (including phenoxy) is 4. The van der Waals surface area contributed by atoms with E-state index in [-0.39, 0.29) is 24.7 Å². The number of rotatable bonds is 15. The second-order valence-corrected chi connectivity index (χ2v) is 17.9. The first-order chi connectivity index (χ1) is 28.0. The van der Waals surface area contributed by atoms with Crippen LogP contribution in [0.15, 0.2) is 63.9 Å². The number of carbonyl (C=O) groups is 1. The Bertz CT molecular complexity index is 1540. The predicted octanol–water partition coefficient (Wildman–Crippen LogP) is 10.4. The van der Waals surface area contributed by atoms with E-state index >= 15 is 0 Å². The summed E-state index contributed by atoms with van der Waals surface area (Å²) < 4.78 is 27.3. The lowest BCUT2D eigenvalue weighted by Crippen LogP contribution is -2.59. The summed E-state index contributed by atoms with van der Waals surface area (Å²) in [6, 6.07) is 0. The van der Waals surface area contributed by atoms with Gasteiger partial charge in [-0.05, 0) is 86.8 Å². The van der Waals surface area contributed by atoms with Crippen molar-refractivity contribution in [1.82, 2.24) is 0 Å². The van der Waals surface area contributed by atoms with Gasteiger partial charge in [0.05, 0.1) is 24.5 Å². The van der Waals surface area contributed by atoms with E-state index in [0.29, 0.717) is 55.1 Å². The number of nitrogens with zero attached hydrogens (tertiary/aromatic N) is 1. The van der Waals surface area contributed by atoms with Gasteiger partial charge in [0.25, 0.3) is 0 Å². The Kier molecular flexibility index (Phi) is 17.5. The van der Waals surface area contributed by atoms with Crippen molar-refractivity contribution < 1.29 is 38.8 Å². The fourth-order valence-electron chi connectivity index (χ4n) is 10.6. The number of hydrogen-bond acceptors (Lipinski definition) is 9. The Morgan fingerprint density at radius 3 is 2.41 bits per heavy atom. The smallest absolute Gasteiger partial charge is 0.316 e. The number of aliphatic hydroxyl groups is 2. The van der Waals surface area contributed by atoms with Crippen LogP contribution in [-0.4, -0.2) is 77.5 Å². The molecule has 0 amide bonds. The van der Waals surface area contributed by atoms with E-state index in [1.165, 1.54) is 11.1 Å². The van der Waals surface area contributed by atoms with Crippen molar-refractivity contribution in [3.05, 3.63) is 58.7 Å². The second-order valence-electron chi connectivity index (χ2n) is 17.9. The van der Waals surface area contributed by atoms with Crippen molar-refractivity contribution in [2.75, 3.05) is 13.7 Å². The van der Waals surface area contributed by atoms with Crippen molar-refractivity contribution in [2.24, 2.45) is 28.8 Å². The maximum atomic E-state index is 14.7. The van der Waals surface area contributed by atoms with Crippen LogP contribution in [0.4, 0.5) is 0 Å². The number of allylic oxidation sites excluding steroid dienone is 5. The van der Waals surface area contributed by atoms with E-state index in [2.05, 4.69) is 64.9 Å². The molecule has 10 atom stereocenters. The van der Waals surface area contributed by atoms with Crippen LogP contribution >= 0.6 is 0 Å². The molecule has 4 heterocycles. The van der Waals surface area contributed by atoms with Crippen molar-refractivity contribution in [3.63, 3.8) is 0 Å². The highest BCUT2D eigenvalue weighted by atomic mass is 16.7. The van der Waals surface area contributed by atoms with E-state index in [4.69, 9.17) is 23.8 Å². The van der Waals surface area contributed by atoms with Crippen LogP contribution in [0, 0.1) is 23.7 Å². The summed E-state index contributed by atoms with van der Waals surface area (Å²) in [6.07, 6.45) is 24.3. The van der Waals surface area contributed by atoms with Crippen LogP contribution in [0.25, 0.3) is 0 Å². The Balaban J connectivity index is 1.61. The molecule has 1 spiro atoms. The molecule has 0 saturated carbocycles. The first-order valence-electron chi connectivity index (χ1n) is 23.1. The molecular weight excluding hydrogens is 731 g/mol. The summed E-state index contributed by atoms with van der Waals surface area (Å²) in [6.45, 7) is 15.5. The highest BCUT2D eigenvalue weighted by Gasteiger charge is 2.60. The molecule has 9 nitrogen and oxygen atoms in total. The van der Waals surface area contributed by atoms with Gasteiger partial charge in [-0.1, -0.05) is 127 Å². The molecule has 58 heavy (non-hydrogen) atoms. The molecule has 2 bridgehead atoms. The quantitative estimate of drug-likeness (QED) is 0.0955. The van der Waals surface area contributed by atoms with Crippen molar-refractivity contribution in [3.8, 4) is 0 Å². The van der Waals surface area contributed by atoms with Crippen LogP contribution in [-0.2, 0) is 28.6 Å². The number of hydrogen-bond donors (Lipinski definition) is 2. The lowest BCUT2D eigenvalue weighted by atomic mass is 9.70. The number of aliphatic hydroxyl groups excluding tert-OH is 1. The molecule has 5 aliphatic rings. The van der Waals surface area contributed by atoms with E-state index < -0.39 is 41.6 Å². The van der Waals surface area contributed by atoms with Gasteiger partial charge in [0.1, 0.15) is 36.9 Å². The highest BCUT2D eigenvalue weighted by Crippen LogP contribution is 2.48. The van der Waals surface area contributed by atoms with Gasteiger partial charge in [0.15, 0.2) is 5.79 Å². The van der Waals surface area contributed by atoms with Crippen LogP contribution in [0.1, 0.15) is 158 Å². The SMILES string of the molecule is CCCC1=C[C@H]2C(=O)O[C@H]3C[C@@H](C/C=C(\CCC)C[C@@H](CCC)/C=C/C=C4\CO[C@H]([C@@H]1O)[C@@]42O)O[C@@]1(C/C(=N\OC)[C@H](CCC)[C@@H](/C(C)=C/C(CCC)CCC)O1)C3. The summed E-state index contributed by atoms with van der Waals surface area (Å²) in [4.78, 5) is 20.3. The van der Waals surface area contributed by atoms with Gasteiger partial charge in [-0.15, -0.1) is 0 Å². The van der Waals surface area contributed by atoms with Gasteiger partial charge < -0.3 is 34.0 Å². The maximum absolute atomic E-state index is 14.7. The van der Waals surface area contributed by atoms with Crippen molar-refractivity contribution in [2.45, 2.75) is 200 Å². The predicted molar refractivity (Wildman–Crippen MR) is 231 cm³/mol. The summed E-state index contributed by atoms with van der Waals surface area (Å²) in [5.74, 6) is -1.87. The highest BCUT2D eigenvalue weighted by molar-refractivity contribution is 5.89. The summed E-state index contributed by atoms with van der Waals surface area (Å²) >= 11 is 0. The molecule has 0 radical (unpaired) electrons. The Morgan fingerprint density at radius 2 is 1.74 bits per heavy atom. The van der Waals surface area contributed by atoms with Gasteiger partial charge in [0, 0.05) is 25.2 Å². The van der Waals surface area contributed by atoms with E-state index in [1.807, 2.05) is 19.1 Å². The lowest BCUT2D eigenvalue weighted by molar-refractivity contribution is -0.314. The normalized spacial score (nSPS) is 37.8. The largest absolute Gasteiger partial charge is 0.462 e. The summed E-state index contributed by atoms with van der Waals surface area (Å²) in [5.41, 5.74) is 3.04. The number of fused-ring (bicyclic) bond motifs is 2. The minimum absolute atomic E-state index is 0.0281. The van der Waals surface area contributed by atoms with E-state index in [9.17, 15) is 15.0 Å². The monoisotopic (exact) mass is 808 g/mol. The molecule has 4 aliphatic heterocycles. The molecule has 9 heteroatoms. The minimum Gasteiger partial charge on any atom is -0.462 e. The second kappa shape index (κ2) is 21.8. The Labute approximate surface area is 350 Å². The van der Waals surface area contributed by atoms with Crippen LogP contribution in [0.5, 0.6) is 0 Å². The Hall–Kier alpha value is -2.56. The first kappa shape index (κ1) is 46.5. The zero-order chi connectivity index (χ0) is 41.9. The lowest BCUT2D eigenvalue weighted by Gasteiger charge is -2.50. The van der Waals surface area contributed by atoms with Gasteiger partial charge in [-0.3, -0.25) is 4.79 Å². The fraction of sp³-hybridized carbons (Fsp3) is 0.755. The number of carbonyl (C=O) groups excluding carboxylic acids is 1. The molecule has 0 unspecified atom stereocenters. The molecule has 3 fully saturated rings. The van der Waals surface area contributed by atoms with Crippen molar-refractivity contribution >= 4 is 11.7 Å². The van der Waals surface area contributed by atoms with Gasteiger partial charge in [0.2, 0.25) is 0 Å². The molecule has 0 aromatic heterocycles. The third-order valence-corrected chi connectivity index (χ3v) is 13.2. The Morgan fingerprint density at radius 1 is 1.00 bits per heavy atom. The average molecular weight is 808 g/mol. The maximum Gasteiger partial charge on any atom is 0.316 e. The minimum atomic E-state index is -1.75. The van der Waals surface area contributed by atoms with Crippen LogP contribution < -0.4 is 0 Å². The zero-order valence-electron chi connectivity index (χ0n) is 37.2. The molecular formula is C49H77NO8. The number of esters is 1. The summed E-state index contributed by atoms with van der Waals surface area (Å²) in [5, 5.41) is 28.9. The third-order valence-electron chi connectivity index (χ3n) is 13.2. The molecule has 0 aromatic carbocycles. The molecule has 326 valence electrons. The molecule has 5 rings (SSSR count). The van der Waals surface area contributed by atoms with Gasteiger partial charge >= 0.3 is 5.97 Å². The van der Waals surface area contributed by atoms with E-state index in [0.717, 1.165) is 82.8 Å². The zero-order valence-corrected chi connectivity index (χ0v) is 37.2. The number of oxime groups is 1. The summed E-state index contributed by atoms with van der Waals surface area (Å²) in [7, 11) is 1.61. The first-order valence-corrected chi connectivity index (χ1v) is 23.1. The molecule has 2 N–H and O–H groups in total. The average Bonchev–Trinajstić information content (AvgIpc) is 3.52. The standard InChI is InChI=1S/C49H77NO8/c1-9-16-34(17-10-2)26-33(7)45-41(21-14-6)43(50-54-8)31-48(58-45)30-40-29-39(57-48)25-24-36(19-12-4)27-35(18-11-3)22-15-23-38-32-55-46-44(51)37(20-13-5)28-42(47(52)56-40)49(38,46)53/h15,22-24,26,28,34-35,39-42,44-46,51,53H,9-14,16-21,25,27,29-32H2,1-8H3/b22-15+,33-26+,36-24+,38-23+,50-43+/t35-,39+,40-,41-,42-,44+,45+,46+,48-,49+/m0/s1. The molecule has 0 aromatic rings. The molecule has 1 aliphatic carbocycles. The van der Waals surface area contributed by atoms with Crippen molar-refractivity contribution in [1.29, 1.82) is 0 Å². The van der Waals surface area contributed by atoms with Crippen LogP contribution in [0.2, 0.25) is 0 Å². The van der Waals surface area contributed by atoms with Crippen LogP contribution in [0.3, 0.4) is 0 Å². The van der Waals surface area contributed by atoms with E-state index in [1.54, 1.807) is 13.2 Å². The van der Waals surface area contributed by atoms with Gasteiger partial charge in [-0.25, -0.2) is 0 Å². The topological polar surface area (TPSA) is 116 Å².